The van der Waals surface area contributed by atoms with Gasteiger partial charge in [-0.15, -0.1) is 0 Å². The SMILES string of the molecule is Cc1noc(CCNC(=O)C2CC3CC3C2)n1. The second-order valence-corrected chi connectivity index (χ2v) is 5.20. The Bertz CT molecular complexity index is 419. The Morgan fingerprint density at radius 2 is 2.18 bits per heavy atom. The molecule has 0 radical (unpaired) electrons. The first-order chi connectivity index (χ1) is 8.22. The molecule has 0 bridgehead atoms. The molecule has 1 amide bonds. The summed E-state index contributed by atoms with van der Waals surface area (Å²) in [5, 5.41) is 6.67. The molecule has 2 aliphatic carbocycles. The summed E-state index contributed by atoms with van der Waals surface area (Å²) >= 11 is 0. The molecule has 17 heavy (non-hydrogen) atoms. The third-order valence-electron chi connectivity index (χ3n) is 3.82. The van der Waals surface area contributed by atoms with Gasteiger partial charge in [-0.1, -0.05) is 5.16 Å². The van der Waals surface area contributed by atoms with Gasteiger partial charge in [0.05, 0.1) is 0 Å². The van der Waals surface area contributed by atoms with Gasteiger partial charge in [-0.3, -0.25) is 4.79 Å². The summed E-state index contributed by atoms with van der Waals surface area (Å²) in [4.78, 5) is 15.9. The van der Waals surface area contributed by atoms with Gasteiger partial charge in [0.1, 0.15) is 0 Å². The Morgan fingerprint density at radius 3 is 2.82 bits per heavy atom. The summed E-state index contributed by atoms with van der Waals surface area (Å²) in [5.41, 5.74) is 0. The Morgan fingerprint density at radius 1 is 1.41 bits per heavy atom. The van der Waals surface area contributed by atoms with Gasteiger partial charge in [0.25, 0.3) is 0 Å². The Labute approximate surface area is 100.0 Å². The molecule has 2 unspecified atom stereocenters. The van der Waals surface area contributed by atoms with Crippen molar-refractivity contribution in [3.8, 4) is 0 Å². The second kappa shape index (κ2) is 4.13. The summed E-state index contributed by atoms with van der Waals surface area (Å²) in [7, 11) is 0. The van der Waals surface area contributed by atoms with Crippen LogP contribution in [0.1, 0.15) is 31.0 Å². The van der Waals surface area contributed by atoms with Crippen LogP contribution in [0.15, 0.2) is 4.52 Å². The zero-order valence-corrected chi connectivity index (χ0v) is 9.98. The Hall–Kier alpha value is -1.39. The third kappa shape index (κ3) is 2.33. The van der Waals surface area contributed by atoms with Crippen LogP contribution < -0.4 is 5.32 Å². The third-order valence-corrected chi connectivity index (χ3v) is 3.82. The lowest BCUT2D eigenvalue weighted by Crippen LogP contribution is -2.31. The number of amides is 1. The van der Waals surface area contributed by atoms with E-state index in [0.717, 1.165) is 24.7 Å². The molecule has 0 spiro atoms. The summed E-state index contributed by atoms with van der Waals surface area (Å²) in [6.45, 7) is 2.38. The summed E-state index contributed by atoms with van der Waals surface area (Å²) in [6, 6.07) is 0. The minimum Gasteiger partial charge on any atom is -0.355 e. The number of hydrogen-bond acceptors (Lipinski definition) is 4. The highest BCUT2D eigenvalue weighted by atomic mass is 16.5. The maximum atomic E-state index is 11.8. The van der Waals surface area contributed by atoms with E-state index in [1.807, 2.05) is 0 Å². The lowest BCUT2D eigenvalue weighted by Gasteiger charge is -2.11. The molecule has 3 rings (SSSR count). The van der Waals surface area contributed by atoms with Gasteiger partial charge in [-0.25, -0.2) is 0 Å². The molecular formula is C12H17N3O2. The number of aryl methyl sites for hydroxylation is 1. The molecule has 1 heterocycles. The van der Waals surface area contributed by atoms with Crippen LogP contribution in [0.5, 0.6) is 0 Å². The predicted octanol–water partition coefficient (Wildman–Crippen LogP) is 1.08. The number of nitrogens with zero attached hydrogens (tertiary/aromatic N) is 2. The van der Waals surface area contributed by atoms with Crippen LogP contribution in [-0.2, 0) is 11.2 Å². The van der Waals surface area contributed by atoms with E-state index in [1.165, 1.54) is 6.42 Å². The van der Waals surface area contributed by atoms with Gasteiger partial charge < -0.3 is 9.84 Å². The quantitative estimate of drug-likeness (QED) is 0.848. The van der Waals surface area contributed by atoms with Gasteiger partial charge in [0.15, 0.2) is 5.82 Å². The molecule has 92 valence electrons. The molecule has 5 nitrogen and oxygen atoms in total. The Balaban J connectivity index is 1.40. The zero-order valence-electron chi connectivity index (χ0n) is 9.98. The normalized spacial score (nSPS) is 30.1. The van der Waals surface area contributed by atoms with Crippen LogP contribution in [0.25, 0.3) is 0 Å². The van der Waals surface area contributed by atoms with Crippen molar-refractivity contribution in [3.05, 3.63) is 11.7 Å². The summed E-state index contributed by atoms with van der Waals surface area (Å²) < 4.78 is 4.98. The Kier molecular flexibility index (Phi) is 2.61. The monoisotopic (exact) mass is 235 g/mol. The van der Waals surface area contributed by atoms with E-state index in [2.05, 4.69) is 15.5 Å². The van der Waals surface area contributed by atoms with Crippen LogP contribution in [0.2, 0.25) is 0 Å². The second-order valence-electron chi connectivity index (χ2n) is 5.20. The first-order valence-electron chi connectivity index (χ1n) is 6.29. The van der Waals surface area contributed by atoms with Crippen molar-refractivity contribution in [3.63, 3.8) is 0 Å². The largest absolute Gasteiger partial charge is 0.355 e. The van der Waals surface area contributed by atoms with E-state index in [1.54, 1.807) is 6.92 Å². The molecule has 1 aromatic heterocycles. The number of fused-ring (bicyclic) bond motifs is 1. The average molecular weight is 235 g/mol. The van der Waals surface area contributed by atoms with Crippen LogP contribution in [0.4, 0.5) is 0 Å². The number of nitrogens with one attached hydrogen (secondary N) is 1. The maximum absolute atomic E-state index is 11.8. The first kappa shape index (κ1) is 10.7. The summed E-state index contributed by atoms with van der Waals surface area (Å²) in [6.07, 6.45) is 4.16. The van der Waals surface area contributed by atoms with Crippen LogP contribution in [-0.4, -0.2) is 22.6 Å². The van der Waals surface area contributed by atoms with Crippen LogP contribution >= 0.6 is 0 Å². The molecule has 1 N–H and O–H groups in total. The average Bonchev–Trinajstić information content (AvgIpc) is 2.74. The molecule has 2 atom stereocenters. The molecule has 5 heteroatoms. The predicted molar refractivity (Wildman–Crippen MR) is 60.1 cm³/mol. The minimum absolute atomic E-state index is 0.202. The molecule has 0 aliphatic heterocycles. The fourth-order valence-corrected chi connectivity index (χ4v) is 2.81. The number of rotatable bonds is 4. The highest BCUT2D eigenvalue weighted by Crippen LogP contribution is 2.54. The van der Waals surface area contributed by atoms with Crippen LogP contribution in [0, 0.1) is 24.7 Å². The molecule has 0 aromatic carbocycles. The van der Waals surface area contributed by atoms with Gasteiger partial charge in [0, 0.05) is 18.9 Å². The van der Waals surface area contributed by atoms with Crippen molar-refractivity contribution in [1.82, 2.24) is 15.5 Å². The molecule has 0 saturated heterocycles. The van der Waals surface area contributed by atoms with E-state index in [9.17, 15) is 4.79 Å². The van der Waals surface area contributed by atoms with Gasteiger partial charge in [0.2, 0.25) is 11.8 Å². The standard InChI is InChI=1S/C12H17N3O2/c1-7-14-11(17-15-7)2-3-13-12(16)10-5-8-4-9(8)6-10/h8-10H,2-6H2,1H3,(H,13,16). The number of carbonyl (C=O) groups is 1. The lowest BCUT2D eigenvalue weighted by molar-refractivity contribution is -0.125. The van der Waals surface area contributed by atoms with E-state index in [4.69, 9.17) is 4.52 Å². The fraction of sp³-hybridized carbons (Fsp3) is 0.750. The lowest BCUT2D eigenvalue weighted by atomic mass is 10.0. The molecule has 2 aliphatic rings. The van der Waals surface area contributed by atoms with Crippen molar-refractivity contribution < 1.29 is 9.32 Å². The van der Waals surface area contributed by atoms with Crippen molar-refractivity contribution in [2.75, 3.05) is 6.54 Å². The zero-order chi connectivity index (χ0) is 11.8. The molecular weight excluding hydrogens is 218 g/mol. The minimum atomic E-state index is 0.202. The van der Waals surface area contributed by atoms with Gasteiger partial charge >= 0.3 is 0 Å². The van der Waals surface area contributed by atoms with Gasteiger partial charge in [-0.2, -0.15) is 4.98 Å². The highest BCUT2D eigenvalue weighted by molar-refractivity contribution is 5.79. The van der Waals surface area contributed by atoms with Gasteiger partial charge in [-0.05, 0) is 38.0 Å². The smallest absolute Gasteiger partial charge is 0.228 e. The number of hydrogen-bond donors (Lipinski definition) is 1. The van der Waals surface area contributed by atoms with Crippen molar-refractivity contribution in [1.29, 1.82) is 0 Å². The molecule has 1 aromatic rings. The van der Waals surface area contributed by atoms with Crippen molar-refractivity contribution >= 4 is 5.91 Å². The van der Waals surface area contributed by atoms with E-state index >= 15 is 0 Å². The molecule has 2 saturated carbocycles. The van der Waals surface area contributed by atoms with Crippen molar-refractivity contribution in [2.45, 2.75) is 32.6 Å². The summed E-state index contributed by atoms with van der Waals surface area (Å²) in [5.74, 6) is 3.39. The topological polar surface area (TPSA) is 68.0 Å². The first-order valence-corrected chi connectivity index (χ1v) is 6.29. The van der Waals surface area contributed by atoms with Crippen LogP contribution in [0.3, 0.4) is 0 Å². The van der Waals surface area contributed by atoms with E-state index in [-0.39, 0.29) is 11.8 Å². The maximum Gasteiger partial charge on any atom is 0.228 e. The van der Waals surface area contributed by atoms with E-state index in [0.29, 0.717) is 24.7 Å². The van der Waals surface area contributed by atoms with E-state index < -0.39 is 0 Å². The molecule has 2 fully saturated rings. The number of aromatic nitrogens is 2. The fourth-order valence-electron chi connectivity index (χ4n) is 2.81. The number of carbonyl (C=O) groups excluding carboxylic acids is 1. The highest BCUT2D eigenvalue weighted by Gasteiger charge is 2.47. The van der Waals surface area contributed by atoms with Crippen molar-refractivity contribution in [2.24, 2.45) is 17.8 Å².